The van der Waals surface area contributed by atoms with Gasteiger partial charge in [-0.15, -0.1) is 0 Å². The second kappa shape index (κ2) is 6.83. The third kappa shape index (κ3) is 10.4. The lowest BCUT2D eigenvalue weighted by molar-refractivity contribution is -0.00457. The van der Waals surface area contributed by atoms with Gasteiger partial charge in [0.25, 0.3) is 0 Å². The van der Waals surface area contributed by atoms with Crippen molar-refractivity contribution >= 4 is 15.9 Å². The van der Waals surface area contributed by atoms with Gasteiger partial charge in [0.1, 0.15) is 0 Å². The van der Waals surface area contributed by atoms with Gasteiger partial charge in [-0.25, -0.2) is 0 Å². The molecule has 0 amide bonds. The molecule has 0 aromatic heterocycles. The van der Waals surface area contributed by atoms with Crippen molar-refractivity contribution in [1.29, 1.82) is 0 Å². The van der Waals surface area contributed by atoms with E-state index >= 15 is 0 Å². The van der Waals surface area contributed by atoms with Gasteiger partial charge in [0.05, 0.1) is 5.60 Å². The Balaban J connectivity index is 3.25. The summed E-state index contributed by atoms with van der Waals surface area (Å²) in [6, 6.07) is 0. The van der Waals surface area contributed by atoms with Crippen molar-refractivity contribution < 1.29 is 4.74 Å². The van der Waals surface area contributed by atoms with E-state index in [0.717, 1.165) is 13.0 Å². The molecule has 1 nitrogen and oxygen atoms in total. The molecule has 0 N–H and O–H groups in total. The lowest BCUT2D eigenvalue weighted by Crippen LogP contribution is -2.20. The van der Waals surface area contributed by atoms with Crippen molar-refractivity contribution in [3.05, 3.63) is 0 Å². The Kier molecular flexibility index (Phi) is 7.06. The molecule has 0 fully saturated rings. The van der Waals surface area contributed by atoms with Crippen molar-refractivity contribution in [1.82, 2.24) is 0 Å². The van der Waals surface area contributed by atoms with Crippen LogP contribution in [-0.4, -0.2) is 17.0 Å². The van der Waals surface area contributed by atoms with Crippen molar-refractivity contribution in [2.75, 3.05) is 6.61 Å². The molecule has 13 heavy (non-hydrogen) atoms. The Morgan fingerprint density at radius 3 is 2.31 bits per heavy atom. The van der Waals surface area contributed by atoms with Gasteiger partial charge in [-0.2, -0.15) is 0 Å². The van der Waals surface area contributed by atoms with E-state index in [9.17, 15) is 0 Å². The molecule has 0 aromatic carbocycles. The summed E-state index contributed by atoms with van der Waals surface area (Å²) in [5.74, 6) is 0. The first-order valence-electron chi connectivity index (χ1n) is 5.23. The molecule has 2 heteroatoms. The van der Waals surface area contributed by atoms with Crippen LogP contribution in [0, 0.1) is 0 Å². The molecule has 0 heterocycles. The minimum Gasteiger partial charge on any atom is -0.376 e. The Morgan fingerprint density at radius 2 is 1.85 bits per heavy atom. The predicted molar refractivity (Wildman–Crippen MR) is 62.6 cm³/mol. The molecule has 0 aliphatic heterocycles. The average molecular weight is 251 g/mol. The number of halogens is 1. The molecule has 0 saturated carbocycles. The van der Waals surface area contributed by atoms with Crippen LogP contribution < -0.4 is 0 Å². The minimum absolute atomic E-state index is 0.0204. The smallest absolute Gasteiger partial charge is 0.0598 e. The summed E-state index contributed by atoms with van der Waals surface area (Å²) < 4.78 is 5.64. The quantitative estimate of drug-likeness (QED) is 0.509. The van der Waals surface area contributed by atoms with E-state index in [1.807, 2.05) is 0 Å². The Bertz CT molecular complexity index is 118. The fraction of sp³-hybridized carbons (Fsp3) is 1.00. The van der Waals surface area contributed by atoms with Crippen molar-refractivity contribution in [2.45, 2.75) is 63.8 Å². The number of hydrogen-bond donors (Lipinski definition) is 0. The summed E-state index contributed by atoms with van der Waals surface area (Å²) in [5, 5.41) is 0. The Morgan fingerprint density at radius 1 is 1.23 bits per heavy atom. The van der Waals surface area contributed by atoms with Crippen molar-refractivity contribution in [3.63, 3.8) is 0 Å². The molecular formula is C11H23BrO. The summed E-state index contributed by atoms with van der Waals surface area (Å²) in [4.78, 5) is 0.682. The summed E-state index contributed by atoms with van der Waals surface area (Å²) in [6.45, 7) is 9.41. The molecule has 0 bridgehead atoms. The van der Waals surface area contributed by atoms with Crippen LogP contribution in [0.2, 0.25) is 0 Å². The highest BCUT2D eigenvalue weighted by Gasteiger charge is 2.09. The van der Waals surface area contributed by atoms with E-state index in [2.05, 4.69) is 43.6 Å². The van der Waals surface area contributed by atoms with E-state index in [1.54, 1.807) is 0 Å². The minimum atomic E-state index is 0.0204. The Hall–Kier alpha value is 0.440. The highest BCUT2D eigenvalue weighted by atomic mass is 79.9. The first kappa shape index (κ1) is 13.4. The molecule has 0 saturated heterocycles. The van der Waals surface area contributed by atoms with Gasteiger partial charge in [-0.1, -0.05) is 29.3 Å². The maximum atomic E-state index is 5.64. The van der Waals surface area contributed by atoms with E-state index < -0.39 is 0 Å². The van der Waals surface area contributed by atoms with Crippen molar-refractivity contribution in [3.8, 4) is 0 Å². The SMILES string of the molecule is CCCC(Br)CCCOC(C)(C)C. The van der Waals surface area contributed by atoms with Crippen LogP contribution >= 0.6 is 15.9 Å². The highest BCUT2D eigenvalue weighted by molar-refractivity contribution is 9.09. The molecule has 0 aliphatic rings. The van der Waals surface area contributed by atoms with E-state index in [1.165, 1.54) is 19.3 Å². The molecule has 1 unspecified atom stereocenters. The van der Waals surface area contributed by atoms with E-state index in [0.29, 0.717) is 4.83 Å². The van der Waals surface area contributed by atoms with Gasteiger partial charge in [0.15, 0.2) is 0 Å². The molecule has 0 rings (SSSR count). The van der Waals surface area contributed by atoms with E-state index in [-0.39, 0.29) is 5.60 Å². The van der Waals surface area contributed by atoms with Gasteiger partial charge in [-0.05, 0) is 40.0 Å². The summed E-state index contributed by atoms with van der Waals surface area (Å²) in [5.41, 5.74) is 0.0204. The standard InChI is InChI=1S/C11H23BrO/c1-5-7-10(12)8-6-9-13-11(2,3)4/h10H,5-9H2,1-4H3. The van der Waals surface area contributed by atoms with Gasteiger partial charge in [-0.3, -0.25) is 0 Å². The molecule has 0 aliphatic carbocycles. The topological polar surface area (TPSA) is 9.23 Å². The first-order valence-corrected chi connectivity index (χ1v) is 6.15. The second-order valence-electron chi connectivity index (χ2n) is 4.49. The molecule has 80 valence electrons. The zero-order chi connectivity index (χ0) is 10.3. The third-order valence-electron chi connectivity index (χ3n) is 1.80. The predicted octanol–water partition coefficient (Wildman–Crippen LogP) is 4.15. The van der Waals surface area contributed by atoms with Crippen LogP contribution in [0.5, 0.6) is 0 Å². The zero-order valence-corrected chi connectivity index (χ0v) is 11.0. The molecule has 0 aromatic rings. The van der Waals surface area contributed by atoms with Gasteiger partial charge >= 0.3 is 0 Å². The summed E-state index contributed by atoms with van der Waals surface area (Å²) in [6.07, 6.45) is 4.92. The van der Waals surface area contributed by atoms with Gasteiger partial charge < -0.3 is 4.74 Å². The molecular weight excluding hydrogens is 228 g/mol. The monoisotopic (exact) mass is 250 g/mol. The van der Waals surface area contributed by atoms with Gasteiger partial charge in [0, 0.05) is 11.4 Å². The molecule has 0 radical (unpaired) electrons. The second-order valence-corrected chi connectivity index (χ2v) is 5.78. The number of hydrogen-bond acceptors (Lipinski definition) is 1. The maximum Gasteiger partial charge on any atom is 0.0598 e. The average Bonchev–Trinajstić information content (AvgIpc) is 1.97. The fourth-order valence-electron chi connectivity index (χ4n) is 1.14. The van der Waals surface area contributed by atoms with Crippen molar-refractivity contribution in [2.24, 2.45) is 0 Å². The van der Waals surface area contributed by atoms with Crippen LogP contribution in [0.25, 0.3) is 0 Å². The van der Waals surface area contributed by atoms with Crippen LogP contribution in [0.15, 0.2) is 0 Å². The first-order chi connectivity index (χ1) is 5.95. The normalized spacial score (nSPS) is 14.5. The number of rotatable bonds is 6. The largest absolute Gasteiger partial charge is 0.376 e. The van der Waals surface area contributed by atoms with Gasteiger partial charge in [0.2, 0.25) is 0 Å². The zero-order valence-electron chi connectivity index (χ0n) is 9.40. The highest BCUT2D eigenvalue weighted by Crippen LogP contribution is 2.15. The number of alkyl halides is 1. The van der Waals surface area contributed by atoms with Crippen LogP contribution in [0.3, 0.4) is 0 Å². The van der Waals surface area contributed by atoms with Crippen LogP contribution in [-0.2, 0) is 4.74 Å². The fourth-order valence-corrected chi connectivity index (χ4v) is 1.92. The maximum absolute atomic E-state index is 5.64. The van der Waals surface area contributed by atoms with Crippen LogP contribution in [0.1, 0.15) is 53.4 Å². The van der Waals surface area contributed by atoms with Crippen LogP contribution in [0.4, 0.5) is 0 Å². The molecule has 1 atom stereocenters. The van der Waals surface area contributed by atoms with E-state index in [4.69, 9.17) is 4.74 Å². The lowest BCUT2D eigenvalue weighted by atomic mass is 10.1. The number of ether oxygens (including phenoxy) is 1. The third-order valence-corrected chi connectivity index (χ3v) is 2.71. The Labute approximate surface area is 91.4 Å². The summed E-state index contributed by atoms with van der Waals surface area (Å²) in [7, 11) is 0. The molecule has 0 spiro atoms. The summed E-state index contributed by atoms with van der Waals surface area (Å²) >= 11 is 3.66. The lowest BCUT2D eigenvalue weighted by Gasteiger charge is -2.19.